The van der Waals surface area contributed by atoms with E-state index in [-0.39, 0.29) is 11.5 Å². The van der Waals surface area contributed by atoms with Crippen molar-refractivity contribution in [3.8, 4) is 5.82 Å². The van der Waals surface area contributed by atoms with E-state index < -0.39 is 6.56 Å². The summed E-state index contributed by atoms with van der Waals surface area (Å²) in [7, 11) is 0. The van der Waals surface area contributed by atoms with Crippen LogP contribution >= 0.6 is 0 Å². The Balaban J connectivity index is 2.61. The summed E-state index contributed by atoms with van der Waals surface area (Å²) in [6.45, 7) is 1.56. The quantitative estimate of drug-likeness (QED) is 0.857. The first kappa shape index (κ1) is 8.47. The van der Waals surface area contributed by atoms with Gasteiger partial charge in [0.15, 0.2) is 0 Å². The van der Waals surface area contributed by atoms with Gasteiger partial charge < -0.3 is 5.11 Å². The van der Waals surface area contributed by atoms with Crippen molar-refractivity contribution in [2.75, 3.05) is 0 Å². The van der Waals surface area contributed by atoms with Crippen LogP contribution in [0.1, 0.15) is 33.9 Å². The summed E-state index contributed by atoms with van der Waals surface area (Å²) in [5.74, 6) is 1.32. The third-order valence-electron chi connectivity index (χ3n) is 2.32. The highest BCUT2D eigenvalue weighted by molar-refractivity contribution is 5.34. The van der Waals surface area contributed by atoms with Gasteiger partial charge in [-0.15, -0.1) is 0 Å². The van der Waals surface area contributed by atoms with Gasteiger partial charge in [-0.05, 0) is 6.07 Å². The van der Waals surface area contributed by atoms with Crippen LogP contribution in [0, 0.1) is 0 Å². The molecule has 0 saturated carbocycles. The van der Waals surface area contributed by atoms with Crippen molar-refractivity contribution in [2.24, 2.45) is 0 Å². The summed E-state index contributed by atoms with van der Waals surface area (Å²) in [6, 6.07) is 3.12. The van der Waals surface area contributed by atoms with E-state index in [1.54, 1.807) is 29.2 Å². The van der Waals surface area contributed by atoms with E-state index in [4.69, 9.17) is 2.74 Å². The van der Waals surface area contributed by atoms with E-state index in [9.17, 15) is 5.11 Å². The molecule has 0 saturated heterocycles. The van der Waals surface area contributed by atoms with Crippen molar-refractivity contribution < 1.29 is 7.85 Å². The third kappa shape index (κ3) is 1.84. The predicted octanol–water partition coefficient (Wildman–Crippen LogP) is 1.88. The first-order chi connectivity index (χ1) is 8.41. The zero-order chi connectivity index (χ0) is 13.3. The number of aromatic nitrogens is 3. The maximum atomic E-state index is 9.56. The van der Waals surface area contributed by atoms with Gasteiger partial charge in [0.2, 0.25) is 0 Å². The molecule has 0 unspecified atom stereocenters. The van der Waals surface area contributed by atoms with Crippen LogP contribution in [-0.4, -0.2) is 19.6 Å². The van der Waals surface area contributed by atoms with Gasteiger partial charge in [0.05, 0.1) is 9.30 Å². The normalized spacial score (nSPS) is 13.8. The highest BCUT2D eigenvalue weighted by Crippen LogP contribution is 2.18. The minimum Gasteiger partial charge on any atom is -0.392 e. The molecular formula is C12H15N3O. The fourth-order valence-electron chi connectivity index (χ4n) is 1.60. The molecule has 0 atom stereocenters. The number of hydrogen-bond acceptors (Lipinski definition) is 3. The van der Waals surface area contributed by atoms with Gasteiger partial charge in [-0.1, -0.05) is 19.9 Å². The SMILES string of the molecule is [2H]C([2H])(O)c1cccnc1-n1ccnc1C(C)C. The molecule has 0 amide bonds. The molecule has 0 spiro atoms. The van der Waals surface area contributed by atoms with Gasteiger partial charge in [0.25, 0.3) is 0 Å². The van der Waals surface area contributed by atoms with Gasteiger partial charge in [0, 0.05) is 30.1 Å². The van der Waals surface area contributed by atoms with Gasteiger partial charge >= 0.3 is 0 Å². The lowest BCUT2D eigenvalue weighted by atomic mass is 10.2. The number of imidazole rings is 1. The molecule has 0 aliphatic carbocycles. The van der Waals surface area contributed by atoms with Crippen LogP contribution in [0.3, 0.4) is 0 Å². The van der Waals surface area contributed by atoms with E-state index in [2.05, 4.69) is 9.97 Å². The van der Waals surface area contributed by atoms with Crippen LogP contribution in [0.4, 0.5) is 0 Å². The fourth-order valence-corrected chi connectivity index (χ4v) is 1.60. The second-order valence-corrected chi connectivity index (χ2v) is 3.80. The largest absolute Gasteiger partial charge is 0.392 e. The molecule has 0 bridgehead atoms. The lowest BCUT2D eigenvalue weighted by molar-refractivity contribution is 0.281. The summed E-state index contributed by atoms with van der Waals surface area (Å²) in [5.41, 5.74) is 0.130. The van der Waals surface area contributed by atoms with Crippen LogP contribution in [0.5, 0.6) is 0 Å². The molecule has 4 heteroatoms. The van der Waals surface area contributed by atoms with E-state index in [0.717, 1.165) is 5.82 Å². The van der Waals surface area contributed by atoms with Gasteiger partial charge in [-0.25, -0.2) is 9.97 Å². The molecule has 1 N–H and O–H groups in total. The average Bonchev–Trinajstić information content (AvgIpc) is 2.76. The number of rotatable bonds is 3. The zero-order valence-electron chi connectivity index (χ0n) is 11.3. The lowest BCUT2D eigenvalue weighted by Gasteiger charge is -2.12. The standard InChI is InChI=1S/C12H15N3O/c1-9(2)11-14-6-7-15(11)12-10(8-16)4-3-5-13-12/h3-7,9,16H,8H2,1-2H3/i8D2. The first-order valence-corrected chi connectivity index (χ1v) is 5.12. The van der Waals surface area contributed by atoms with Crippen LogP contribution in [0.25, 0.3) is 5.82 Å². The number of pyridine rings is 1. The second-order valence-electron chi connectivity index (χ2n) is 3.80. The lowest BCUT2D eigenvalue weighted by Crippen LogP contribution is -2.07. The zero-order valence-corrected chi connectivity index (χ0v) is 9.25. The first-order valence-electron chi connectivity index (χ1n) is 6.12. The Kier molecular flexibility index (Phi) is 2.35. The highest BCUT2D eigenvalue weighted by atomic mass is 16.3. The Morgan fingerprint density at radius 3 is 2.94 bits per heavy atom. The van der Waals surface area contributed by atoms with Crippen molar-refractivity contribution in [2.45, 2.75) is 26.3 Å². The smallest absolute Gasteiger partial charge is 0.143 e. The van der Waals surface area contributed by atoms with Crippen molar-refractivity contribution in [3.63, 3.8) is 0 Å². The van der Waals surface area contributed by atoms with Gasteiger partial charge in [0.1, 0.15) is 11.6 Å². The summed E-state index contributed by atoms with van der Waals surface area (Å²) in [5, 5.41) is 9.56. The Bertz CT molecular complexity index is 546. The maximum Gasteiger partial charge on any atom is 0.143 e. The van der Waals surface area contributed by atoms with Crippen LogP contribution < -0.4 is 0 Å². The number of hydrogen-bond donors (Lipinski definition) is 1. The van der Waals surface area contributed by atoms with Crippen molar-refractivity contribution >= 4 is 0 Å². The topological polar surface area (TPSA) is 50.9 Å². The van der Waals surface area contributed by atoms with E-state index >= 15 is 0 Å². The molecule has 16 heavy (non-hydrogen) atoms. The summed E-state index contributed by atoms with van der Waals surface area (Å²) >= 11 is 0. The summed E-state index contributed by atoms with van der Waals surface area (Å²) in [4.78, 5) is 8.39. The minimum atomic E-state index is -2.43. The molecule has 0 aliphatic rings. The van der Waals surface area contributed by atoms with Crippen molar-refractivity contribution in [3.05, 3.63) is 42.1 Å². The van der Waals surface area contributed by atoms with Crippen molar-refractivity contribution in [1.29, 1.82) is 0 Å². The monoisotopic (exact) mass is 219 g/mol. The minimum absolute atomic E-state index is 0.130. The van der Waals surface area contributed by atoms with E-state index in [1.807, 2.05) is 13.8 Å². The molecular weight excluding hydrogens is 202 g/mol. The highest BCUT2D eigenvalue weighted by Gasteiger charge is 2.12. The predicted molar refractivity (Wildman–Crippen MR) is 61.4 cm³/mol. The molecule has 84 valence electrons. The summed E-state index contributed by atoms with van der Waals surface area (Å²) < 4.78 is 16.6. The number of nitrogens with zero attached hydrogens (tertiary/aromatic N) is 3. The molecule has 2 aromatic heterocycles. The Morgan fingerprint density at radius 2 is 2.25 bits per heavy atom. The third-order valence-corrected chi connectivity index (χ3v) is 2.32. The van der Waals surface area contributed by atoms with Crippen LogP contribution in [0.2, 0.25) is 0 Å². The fraction of sp³-hybridized carbons (Fsp3) is 0.333. The maximum absolute atomic E-state index is 9.56. The molecule has 2 heterocycles. The van der Waals surface area contributed by atoms with Crippen LogP contribution in [-0.2, 0) is 6.56 Å². The number of aliphatic hydroxyl groups is 1. The van der Waals surface area contributed by atoms with Gasteiger partial charge in [-0.2, -0.15) is 0 Å². The summed E-state index contributed by atoms with van der Waals surface area (Å²) in [6.07, 6.45) is 4.92. The molecule has 0 aromatic carbocycles. The van der Waals surface area contributed by atoms with E-state index in [0.29, 0.717) is 5.82 Å². The molecule has 0 fully saturated rings. The van der Waals surface area contributed by atoms with E-state index in [1.165, 1.54) is 6.07 Å². The molecule has 2 rings (SSSR count). The molecule has 2 aromatic rings. The van der Waals surface area contributed by atoms with Gasteiger partial charge in [-0.3, -0.25) is 4.57 Å². The van der Waals surface area contributed by atoms with Crippen molar-refractivity contribution in [1.82, 2.24) is 14.5 Å². The Labute approximate surface area is 97.4 Å². The Morgan fingerprint density at radius 1 is 1.44 bits per heavy atom. The second kappa shape index (κ2) is 4.45. The molecule has 0 radical (unpaired) electrons. The average molecular weight is 219 g/mol. The Hall–Kier alpha value is -1.68. The molecule has 0 aliphatic heterocycles. The molecule has 4 nitrogen and oxygen atoms in total. The van der Waals surface area contributed by atoms with Crippen LogP contribution in [0.15, 0.2) is 30.7 Å².